The monoisotopic (exact) mass is 1640 g/mol. The van der Waals surface area contributed by atoms with Crippen molar-refractivity contribution >= 4 is 88.5 Å². The lowest BCUT2D eigenvalue weighted by Gasteiger charge is -2.18. The molecule has 0 unspecified atom stereocenters. The van der Waals surface area contributed by atoms with Gasteiger partial charge in [0.15, 0.2) is 0 Å². The predicted molar refractivity (Wildman–Crippen MR) is 406 cm³/mol. The summed E-state index contributed by atoms with van der Waals surface area (Å²) in [7, 11) is 0. The van der Waals surface area contributed by atoms with Gasteiger partial charge < -0.3 is 92.6 Å². The van der Waals surface area contributed by atoms with E-state index in [-0.39, 0.29) is 217 Å². The lowest BCUT2D eigenvalue weighted by Crippen LogP contribution is -2.32. The number of hydrogen-bond donors (Lipinski definition) is 4. The largest absolute Gasteiger partial charge is 0.380 e. The Morgan fingerprint density at radius 1 is 0.226 bits per heavy atom. The van der Waals surface area contributed by atoms with E-state index in [1.165, 1.54) is 0 Å². The summed E-state index contributed by atoms with van der Waals surface area (Å²) in [6.45, 7) is 8.10. The van der Waals surface area contributed by atoms with Crippen molar-refractivity contribution in [2.75, 3.05) is 185 Å². The van der Waals surface area contributed by atoms with E-state index in [9.17, 15) is 71.9 Å². The van der Waals surface area contributed by atoms with Gasteiger partial charge in [0.25, 0.3) is 35.4 Å². The topological polar surface area (TPSA) is 452 Å². The second-order valence-corrected chi connectivity index (χ2v) is 27.5. The van der Waals surface area contributed by atoms with E-state index in [1.807, 2.05) is 0 Å². The summed E-state index contributed by atoms with van der Waals surface area (Å²) >= 11 is 0. The van der Waals surface area contributed by atoms with Gasteiger partial charge in [-0.25, -0.2) is 14.4 Å². The number of carbonyl (C=O) groups excluding carboxylic acids is 15. The number of hydroxylamine groups is 6. The van der Waals surface area contributed by atoms with E-state index in [2.05, 4.69) is 21.3 Å². The van der Waals surface area contributed by atoms with Gasteiger partial charge in [-0.1, -0.05) is 57.8 Å². The maximum Gasteiger partial charge on any atom is 0.335 e. The molecule has 37 heteroatoms. The molecule has 656 valence electrons. The summed E-state index contributed by atoms with van der Waals surface area (Å²) in [4.78, 5) is 194. The average Bonchev–Trinajstić information content (AvgIpc) is 1.75. The second-order valence-electron chi connectivity index (χ2n) is 27.5. The van der Waals surface area contributed by atoms with Crippen LogP contribution in [-0.2, 0) is 143 Å². The van der Waals surface area contributed by atoms with Crippen LogP contribution in [0, 0.1) is 5.92 Å². The van der Waals surface area contributed by atoms with Crippen molar-refractivity contribution < 1.29 is 143 Å². The first-order chi connectivity index (χ1) is 55.9. The van der Waals surface area contributed by atoms with Gasteiger partial charge in [-0.15, -0.1) is 15.2 Å². The zero-order chi connectivity index (χ0) is 83.2. The van der Waals surface area contributed by atoms with Crippen LogP contribution in [0.1, 0.15) is 218 Å². The van der Waals surface area contributed by atoms with Crippen LogP contribution in [0.3, 0.4) is 0 Å². The summed E-state index contributed by atoms with van der Waals surface area (Å²) in [5.41, 5.74) is 0. The van der Waals surface area contributed by atoms with Gasteiger partial charge in [0.2, 0.25) is 23.6 Å². The first-order valence-corrected chi connectivity index (χ1v) is 41.1. The molecule has 0 radical (unpaired) electrons. The van der Waals surface area contributed by atoms with Crippen molar-refractivity contribution in [3.8, 4) is 0 Å². The van der Waals surface area contributed by atoms with Crippen LogP contribution in [0.2, 0.25) is 0 Å². The van der Waals surface area contributed by atoms with Crippen molar-refractivity contribution in [3.05, 3.63) is 0 Å². The van der Waals surface area contributed by atoms with Crippen molar-refractivity contribution in [1.29, 1.82) is 0 Å². The zero-order valence-electron chi connectivity index (χ0n) is 67.5. The van der Waals surface area contributed by atoms with Crippen molar-refractivity contribution in [3.63, 3.8) is 0 Å². The number of ketones is 2. The molecule has 0 atom stereocenters. The Bertz CT molecular complexity index is 2480. The van der Waals surface area contributed by atoms with E-state index in [1.54, 1.807) is 0 Å². The fourth-order valence-electron chi connectivity index (χ4n) is 11.1. The SMILES string of the molecule is O=C(CCCCCCCNC(=O)CCOCC(COCCC(=O)NCCCCCCCC(=O)CCCOCCOCCOCCC(=O)ON1C(=O)CCC1=O)COCCC(=O)NCCCCCCCC(=O)NCCOCCOCCOCCC(=O)ON1C(=O)CCC1=O)CCCOCCOCCOCCC(=O)ON1C(=O)CCC1=O. The van der Waals surface area contributed by atoms with Gasteiger partial charge in [-0.05, 0) is 51.4 Å². The van der Waals surface area contributed by atoms with Crippen LogP contribution < -0.4 is 21.3 Å². The first kappa shape index (κ1) is 102. The lowest BCUT2D eigenvalue weighted by molar-refractivity contribution is -0.198. The molecule has 0 aromatic heterocycles. The Labute approximate surface area is 674 Å². The normalized spacial score (nSPS) is 13.6. The van der Waals surface area contributed by atoms with Gasteiger partial charge in [0.05, 0.1) is 165 Å². The number of ether oxygens (including phenoxy) is 12. The number of Topliss-reactive ketones (excluding diaryl/α,β-unsaturated/α-hetero) is 2. The smallest absolute Gasteiger partial charge is 0.335 e. The molecule has 0 aliphatic carbocycles. The number of amides is 10. The number of hydrogen-bond acceptors (Lipinski definition) is 30. The standard InChI is InChI=1S/C78H129N7O30/c86-64(20-16-39-101-48-54-107-56-50-103-44-32-76(98)113-83-70(92)23-24-71(83)93)18-10-4-1-7-13-35-79-67(89)29-41-110-60-63(61-111-42-30-68(90)80-36-14-8-2-5-11-19-65(87)21-17-40-102-49-55-108-57-51-104-45-33-77(99)114-84-72(94)25-26-73(84)95)62-112-43-31-69(91)81-37-15-9-3-6-12-22-66(88)82-38-47-106-53-59-109-58-52-105-46-34-78(100)115-85-74(96)27-28-75(85)97/h63H,1-62H2,(H,79,89)(H,80,90)(H,81,91)(H,82,88). The highest BCUT2D eigenvalue weighted by Crippen LogP contribution is 2.17. The first-order valence-electron chi connectivity index (χ1n) is 41.1. The average molecular weight is 1640 g/mol. The van der Waals surface area contributed by atoms with E-state index in [0.29, 0.717) is 146 Å². The van der Waals surface area contributed by atoms with E-state index < -0.39 is 53.4 Å². The molecule has 0 bridgehead atoms. The molecule has 3 rings (SSSR count). The third kappa shape index (κ3) is 57.3. The van der Waals surface area contributed by atoms with Gasteiger partial charge in [-0.2, -0.15) is 0 Å². The van der Waals surface area contributed by atoms with Gasteiger partial charge in [-0.3, -0.25) is 57.5 Å². The Hall–Kier alpha value is -7.43. The molecule has 3 aliphatic heterocycles. The van der Waals surface area contributed by atoms with E-state index in [4.69, 9.17) is 71.4 Å². The van der Waals surface area contributed by atoms with E-state index >= 15 is 0 Å². The van der Waals surface area contributed by atoms with Gasteiger partial charge in [0, 0.05) is 135 Å². The maximum atomic E-state index is 12.7. The number of rotatable bonds is 80. The molecule has 3 aliphatic rings. The molecule has 115 heavy (non-hydrogen) atoms. The maximum absolute atomic E-state index is 12.7. The van der Waals surface area contributed by atoms with Crippen LogP contribution in [0.25, 0.3) is 0 Å². The van der Waals surface area contributed by atoms with Crippen LogP contribution in [0.5, 0.6) is 0 Å². The Balaban J connectivity index is 1.17. The molecule has 0 aromatic rings. The summed E-state index contributed by atoms with van der Waals surface area (Å²) < 4.78 is 66.6. The summed E-state index contributed by atoms with van der Waals surface area (Å²) in [6, 6.07) is 0. The molecule has 3 saturated heterocycles. The highest BCUT2D eigenvalue weighted by Gasteiger charge is 2.35. The number of nitrogens with one attached hydrogen (secondary N) is 4. The van der Waals surface area contributed by atoms with Crippen molar-refractivity contribution in [2.45, 2.75) is 218 Å². The minimum absolute atomic E-state index is 0.0246. The van der Waals surface area contributed by atoms with Crippen molar-refractivity contribution in [1.82, 2.24) is 36.5 Å². The third-order valence-corrected chi connectivity index (χ3v) is 17.5. The minimum atomic E-state index is -0.736. The minimum Gasteiger partial charge on any atom is -0.380 e. The molecule has 4 N–H and O–H groups in total. The molecule has 0 aromatic carbocycles. The lowest BCUT2D eigenvalue weighted by atomic mass is 10.1. The molecule has 0 spiro atoms. The highest BCUT2D eigenvalue weighted by molar-refractivity contribution is 6.03. The fraction of sp³-hybridized carbons (Fsp3) is 0.808. The molecule has 10 amide bonds. The van der Waals surface area contributed by atoms with E-state index in [0.717, 1.165) is 96.3 Å². The Kier molecular flexibility index (Phi) is 61.6. The number of imide groups is 3. The number of carbonyl (C=O) groups is 15. The molecule has 3 heterocycles. The molecule has 3 fully saturated rings. The molecule has 37 nitrogen and oxygen atoms in total. The summed E-state index contributed by atoms with van der Waals surface area (Å²) in [5, 5.41) is 13.2. The van der Waals surface area contributed by atoms with Gasteiger partial charge >= 0.3 is 17.9 Å². The van der Waals surface area contributed by atoms with Gasteiger partial charge in [0.1, 0.15) is 11.6 Å². The van der Waals surface area contributed by atoms with Crippen LogP contribution in [0.15, 0.2) is 0 Å². The molecular formula is C78H129N7O30. The van der Waals surface area contributed by atoms with Crippen molar-refractivity contribution in [2.24, 2.45) is 5.92 Å². The molecule has 0 saturated carbocycles. The number of unbranched alkanes of at least 4 members (excludes halogenated alkanes) is 12. The number of nitrogens with zero attached hydrogens (tertiary/aromatic N) is 3. The fourth-order valence-corrected chi connectivity index (χ4v) is 11.1. The predicted octanol–water partition coefficient (Wildman–Crippen LogP) is 4.15. The summed E-state index contributed by atoms with van der Waals surface area (Å²) in [5.74, 6) is -5.75. The quantitative estimate of drug-likeness (QED) is 0.0491. The third-order valence-electron chi connectivity index (χ3n) is 17.5. The van der Waals surface area contributed by atoms with Crippen LogP contribution >= 0.6 is 0 Å². The summed E-state index contributed by atoms with van der Waals surface area (Å²) in [6.07, 6.45) is 16.8. The molecular weight excluding hydrogens is 1510 g/mol. The zero-order valence-corrected chi connectivity index (χ0v) is 67.5. The Morgan fingerprint density at radius 3 is 0.765 bits per heavy atom. The second kappa shape index (κ2) is 69.7. The van der Waals surface area contributed by atoms with Crippen LogP contribution in [-0.4, -0.2) is 288 Å². The van der Waals surface area contributed by atoms with Crippen LogP contribution in [0.4, 0.5) is 0 Å². The Morgan fingerprint density at radius 2 is 0.452 bits per heavy atom. The highest BCUT2D eigenvalue weighted by atomic mass is 16.7.